The lowest BCUT2D eigenvalue weighted by Gasteiger charge is -1.83. The van der Waals surface area contributed by atoms with Gasteiger partial charge in [0.1, 0.15) is 0 Å². The maximum atomic E-state index is 5.81. The minimum atomic E-state index is 0.703. The molecular formula is C8H8ClNS. The van der Waals surface area contributed by atoms with Crippen molar-refractivity contribution in [3.63, 3.8) is 0 Å². The Morgan fingerprint density at radius 3 is 3.09 bits per heavy atom. The van der Waals surface area contributed by atoms with Gasteiger partial charge in [-0.3, -0.25) is 0 Å². The van der Waals surface area contributed by atoms with Gasteiger partial charge in [0.25, 0.3) is 0 Å². The number of hydrogen-bond donors (Lipinski definition) is 1. The summed E-state index contributed by atoms with van der Waals surface area (Å²) in [5, 5.41) is 5.62. The molecule has 0 bridgehead atoms. The van der Waals surface area contributed by atoms with Gasteiger partial charge in [-0.05, 0) is 18.5 Å². The smallest absolute Gasteiger partial charge is 0.0955 e. The van der Waals surface area contributed by atoms with Crippen LogP contribution >= 0.6 is 22.9 Å². The van der Waals surface area contributed by atoms with Crippen LogP contribution in [0.2, 0.25) is 5.02 Å². The van der Waals surface area contributed by atoms with Crippen molar-refractivity contribution in [3.05, 3.63) is 21.3 Å². The molecule has 0 spiro atoms. The molecule has 0 aliphatic carbocycles. The summed E-state index contributed by atoms with van der Waals surface area (Å²) in [5.74, 6) is 5.91. The highest BCUT2D eigenvalue weighted by molar-refractivity contribution is 7.11. The van der Waals surface area contributed by atoms with Gasteiger partial charge in [-0.2, -0.15) is 0 Å². The summed E-state index contributed by atoms with van der Waals surface area (Å²) in [4.78, 5) is 0.946. The largest absolute Gasteiger partial charge is 0.309 e. The van der Waals surface area contributed by atoms with E-state index >= 15 is 0 Å². The molecule has 1 heterocycles. The maximum Gasteiger partial charge on any atom is 0.0955 e. The fourth-order valence-electron chi connectivity index (χ4n) is 0.596. The standard InChI is InChI=1S/C8H8ClNS/c1-10-5-2-3-8-7(9)4-6-11-8/h4,6,10H,5H2,1H3. The predicted octanol–water partition coefficient (Wildman–Crippen LogP) is 1.97. The fraction of sp³-hybridized carbons (Fsp3) is 0.250. The van der Waals surface area contributed by atoms with Crippen molar-refractivity contribution in [1.29, 1.82) is 0 Å². The van der Waals surface area contributed by atoms with Crippen molar-refractivity contribution >= 4 is 22.9 Å². The summed E-state index contributed by atoms with van der Waals surface area (Å²) in [5.41, 5.74) is 0. The molecule has 1 aromatic heterocycles. The Bertz CT molecular complexity index is 282. The monoisotopic (exact) mass is 185 g/mol. The number of nitrogens with one attached hydrogen (secondary N) is 1. The summed E-state index contributed by atoms with van der Waals surface area (Å²) in [6.07, 6.45) is 0. The van der Waals surface area contributed by atoms with Crippen LogP contribution in [0.25, 0.3) is 0 Å². The van der Waals surface area contributed by atoms with E-state index in [0.29, 0.717) is 6.54 Å². The van der Waals surface area contributed by atoms with Crippen LogP contribution in [0, 0.1) is 11.8 Å². The number of halogens is 1. The topological polar surface area (TPSA) is 12.0 Å². The lowest BCUT2D eigenvalue weighted by atomic mass is 10.4. The SMILES string of the molecule is CNCC#Cc1sccc1Cl. The first-order valence-electron chi connectivity index (χ1n) is 3.21. The van der Waals surface area contributed by atoms with E-state index in [1.54, 1.807) is 11.3 Å². The molecule has 0 amide bonds. The zero-order valence-corrected chi connectivity index (χ0v) is 7.72. The molecule has 1 rings (SSSR count). The van der Waals surface area contributed by atoms with Crippen molar-refractivity contribution in [1.82, 2.24) is 5.32 Å². The minimum absolute atomic E-state index is 0.703. The Balaban J connectivity index is 2.65. The van der Waals surface area contributed by atoms with Gasteiger partial charge in [-0.1, -0.05) is 23.4 Å². The normalized spacial score (nSPS) is 8.91. The van der Waals surface area contributed by atoms with Gasteiger partial charge in [0.2, 0.25) is 0 Å². The lowest BCUT2D eigenvalue weighted by molar-refractivity contribution is 0.938. The van der Waals surface area contributed by atoms with Gasteiger partial charge in [0.15, 0.2) is 0 Å². The van der Waals surface area contributed by atoms with Crippen molar-refractivity contribution < 1.29 is 0 Å². The fourth-order valence-corrected chi connectivity index (χ4v) is 1.57. The van der Waals surface area contributed by atoms with E-state index in [9.17, 15) is 0 Å². The van der Waals surface area contributed by atoms with E-state index in [4.69, 9.17) is 11.6 Å². The molecule has 3 heteroatoms. The molecule has 58 valence electrons. The Hall–Kier alpha value is -0.490. The molecule has 0 aromatic carbocycles. The molecule has 1 nitrogen and oxygen atoms in total. The van der Waals surface area contributed by atoms with Crippen LogP contribution < -0.4 is 5.32 Å². The van der Waals surface area contributed by atoms with Crippen molar-refractivity contribution in [2.45, 2.75) is 0 Å². The van der Waals surface area contributed by atoms with E-state index in [1.165, 1.54) is 0 Å². The van der Waals surface area contributed by atoms with Crippen LogP contribution in [-0.4, -0.2) is 13.6 Å². The molecule has 0 unspecified atom stereocenters. The molecule has 0 aliphatic heterocycles. The third-order valence-corrected chi connectivity index (χ3v) is 2.34. The second-order valence-corrected chi connectivity index (χ2v) is 3.25. The van der Waals surface area contributed by atoms with Gasteiger partial charge in [0.05, 0.1) is 16.4 Å². The summed E-state index contributed by atoms with van der Waals surface area (Å²) >= 11 is 7.37. The second kappa shape index (κ2) is 4.40. The Morgan fingerprint density at radius 2 is 2.55 bits per heavy atom. The molecule has 0 atom stereocenters. The van der Waals surface area contributed by atoms with Crippen LogP contribution in [0.3, 0.4) is 0 Å². The number of rotatable bonds is 1. The minimum Gasteiger partial charge on any atom is -0.309 e. The molecular weight excluding hydrogens is 178 g/mol. The van der Waals surface area contributed by atoms with Crippen LogP contribution in [0.15, 0.2) is 11.4 Å². The van der Waals surface area contributed by atoms with Crippen LogP contribution in [-0.2, 0) is 0 Å². The molecule has 0 aliphatic rings. The summed E-state index contributed by atoms with van der Waals surface area (Å²) < 4.78 is 0. The summed E-state index contributed by atoms with van der Waals surface area (Å²) in [6, 6.07) is 1.86. The first kappa shape index (κ1) is 8.61. The third kappa shape index (κ3) is 2.55. The third-order valence-electron chi connectivity index (χ3n) is 1.08. The van der Waals surface area contributed by atoms with Gasteiger partial charge in [-0.15, -0.1) is 11.3 Å². The number of thiophene rings is 1. The first-order valence-corrected chi connectivity index (χ1v) is 4.47. The van der Waals surface area contributed by atoms with E-state index in [0.717, 1.165) is 9.90 Å². The summed E-state index contributed by atoms with van der Waals surface area (Å²) in [7, 11) is 1.87. The van der Waals surface area contributed by atoms with Gasteiger partial charge in [0, 0.05) is 0 Å². The van der Waals surface area contributed by atoms with Gasteiger partial charge >= 0.3 is 0 Å². The average molecular weight is 186 g/mol. The Labute approximate surface area is 75.4 Å². The van der Waals surface area contributed by atoms with Crippen LogP contribution in [0.5, 0.6) is 0 Å². The van der Waals surface area contributed by atoms with Crippen molar-refractivity contribution in [3.8, 4) is 11.8 Å². The molecule has 0 saturated heterocycles. The highest BCUT2D eigenvalue weighted by Crippen LogP contribution is 2.20. The summed E-state index contributed by atoms with van der Waals surface area (Å²) in [6.45, 7) is 0.703. The Morgan fingerprint density at radius 1 is 1.73 bits per heavy atom. The maximum absolute atomic E-state index is 5.81. The van der Waals surface area contributed by atoms with E-state index in [1.807, 2.05) is 18.5 Å². The van der Waals surface area contributed by atoms with E-state index < -0.39 is 0 Å². The quantitative estimate of drug-likeness (QED) is 0.660. The van der Waals surface area contributed by atoms with Crippen LogP contribution in [0.1, 0.15) is 4.88 Å². The lowest BCUT2D eigenvalue weighted by Crippen LogP contribution is -2.04. The predicted molar refractivity (Wildman–Crippen MR) is 50.1 cm³/mol. The van der Waals surface area contributed by atoms with Crippen molar-refractivity contribution in [2.75, 3.05) is 13.6 Å². The van der Waals surface area contributed by atoms with Crippen LogP contribution in [0.4, 0.5) is 0 Å². The Kier molecular flexibility index (Phi) is 3.44. The molecule has 11 heavy (non-hydrogen) atoms. The van der Waals surface area contributed by atoms with Crippen molar-refractivity contribution in [2.24, 2.45) is 0 Å². The average Bonchev–Trinajstić information content (AvgIpc) is 2.37. The number of hydrogen-bond acceptors (Lipinski definition) is 2. The van der Waals surface area contributed by atoms with E-state index in [-0.39, 0.29) is 0 Å². The van der Waals surface area contributed by atoms with Gasteiger partial charge < -0.3 is 5.32 Å². The molecule has 0 radical (unpaired) electrons. The zero-order chi connectivity index (χ0) is 8.10. The molecule has 0 fully saturated rings. The second-order valence-electron chi connectivity index (χ2n) is 1.93. The highest BCUT2D eigenvalue weighted by atomic mass is 35.5. The first-order chi connectivity index (χ1) is 5.34. The molecule has 1 N–H and O–H groups in total. The molecule has 1 aromatic rings. The highest BCUT2D eigenvalue weighted by Gasteiger charge is 1.94. The zero-order valence-electron chi connectivity index (χ0n) is 6.15. The molecule has 0 saturated carbocycles. The van der Waals surface area contributed by atoms with Gasteiger partial charge in [-0.25, -0.2) is 0 Å². The van der Waals surface area contributed by atoms with E-state index in [2.05, 4.69) is 17.2 Å².